The SMILES string of the molecule is CC(C(=O)N[C@H]1CCCC[C@@H]1O)n1cccn1. The molecule has 0 radical (unpaired) electrons. The standard InChI is InChI=1S/C12H19N3O2/c1-9(15-8-4-7-13-15)12(17)14-10-5-2-3-6-11(10)16/h4,7-11,16H,2-3,5-6H2,1H3,(H,14,17)/t9?,10-,11-/m0/s1. The van der Waals surface area contributed by atoms with Gasteiger partial charge in [-0.1, -0.05) is 12.8 Å². The molecule has 94 valence electrons. The van der Waals surface area contributed by atoms with E-state index in [4.69, 9.17) is 0 Å². The summed E-state index contributed by atoms with van der Waals surface area (Å²) in [5, 5.41) is 16.7. The summed E-state index contributed by atoms with van der Waals surface area (Å²) in [6, 6.07) is 1.35. The quantitative estimate of drug-likeness (QED) is 0.819. The molecule has 1 unspecified atom stereocenters. The lowest BCUT2D eigenvalue weighted by atomic mass is 9.92. The number of aliphatic hydroxyl groups excluding tert-OH is 1. The highest BCUT2D eigenvalue weighted by atomic mass is 16.3. The first kappa shape index (κ1) is 12.1. The average Bonchev–Trinajstić information content (AvgIpc) is 2.84. The van der Waals surface area contributed by atoms with Crippen LogP contribution < -0.4 is 5.32 Å². The smallest absolute Gasteiger partial charge is 0.244 e. The van der Waals surface area contributed by atoms with E-state index in [1.807, 2.05) is 0 Å². The van der Waals surface area contributed by atoms with Crippen LogP contribution in [0.15, 0.2) is 18.5 Å². The molecule has 1 fully saturated rings. The van der Waals surface area contributed by atoms with Crippen molar-refractivity contribution in [2.24, 2.45) is 0 Å². The summed E-state index contributed by atoms with van der Waals surface area (Å²) in [6.07, 6.45) is 6.76. The van der Waals surface area contributed by atoms with Crippen molar-refractivity contribution in [2.75, 3.05) is 0 Å². The number of rotatable bonds is 3. The predicted molar refractivity (Wildman–Crippen MR) is 63.3 cm³/mol. The van der Waals surface area contributed by atoms with Crippen molar-refractivity contribution in [3.8, 4) is 0 Å². The largest absolute Gasteiger partial charge is 0.391 e. The number of amides is 1. The zero-order valence-electron chi connectivity index (χ0n) is 10.0. The van der Waals surface area contributed by atoms with Crippen LogP contribution >= 0.6 is 0 Å². The Kier molecular flexibility index (Phi) is 3.78. The molecule has 3 atom stereocenters. The van der Waals surface area contributed by atoms with Gasteiger partial charge in [0, 0.05) is 12.4 Å². The summed E-state index contributed by atoms with van der Waals surface area (Å²) < 4.78 is 1.62. The monoisotopic (exact) mass is 237 g/mol. The Morgan fingerprint density at radius 3 is 2.94 bits per heavy atom. The van der Waals surface area contributed by atoms with Gasteiger partial charge in [-0.3, -0.25) is 9.48 Å². The van der Waals surface area contributed by atoms with Gasteiger partial charge in [-0.15, -0.1) is 0 Å². The molecule has 1 aliphatic carbocycles. The molecule has 5 heteroatoms. The van der Waals surface area contributed by atoms with Crippen LogP contribution in [0.5, 0.6) is 0 Å². The number of nitrogens with zero attached hydrogens (tertiary/aromatic N) is 2. The second kappa shape index (κ2) is 5.31. The van der Waals surface area contributed by atoms with Crippen molar-refractivity contribution in [1.82, 2.24) is 15.1 Å². The fraction of sp³-hybridized carbons (Fsp3) is 0.667. The second-order valence-corrected chi connectivity index (χ2v) is 4.63. The molecule has 2 N–H and O–H groups in total. The van der Waals surface area contributed by atoms with Gasteiger partial charge in [0.25, 0.3) is 0 Å². The fourth-order valence-corrected chi connectivity index (χ4v) is 2.21. The van der Waals surface area contributed by atoms with Gasteiger partial charge in [-0.05, 0) is 25.8 Å². The highest BCUT2D eigenvalue weighted by Crippen LogP contribution is 2.19. The highest BCUT2D eigenvalue weighted by Gasteiger charge is 2.26. The maximum absolute atomic E-state index is 12.0. The van der Waals surface area contributed by atoms with E-state index < -0.39 is 6.10 Å². The highest BCUT2D eigenvalue weighted by molar-refractivity contribution is 5.80. The maximum atomic E-state index is 12.0. The molecule has 2 rings (SSSR count). The van der Waals surface area contributed by atoms with Crippen LogP contribution in [-0.2, 0) is 4.79 Å². The minimum absolute atomic E-state index is 0.0837. The first-order valence-corrected chi connectivity index (χ1v) is 6.16. The average molecular weight is 237 g/mol. The lowest BCUT2D eigenvalue weighted by molar-refractivity contribution is -0.126. The lowest BCUT2D eigenvalue weighted by Gasteiger charge is -2.29. The van der Waals surface area contributed by atoms with E-state index in [0.29, 0.717) is 0 Å². The third-order valence-electron chi connectivity index (χ3n) is 3.36. The van der Waals surface area contributed by atoms with Crippen LogP contribution in [0.4, 0.5) is 0 Å². The van der Waals surface area contributed by atoms with Gasteiger partial charge in [-0.25, -0.2) is 0 Å². The minimum atomic E-state index is -0.405. The Labute approximate surface area is 101 Å². The Morgan fingerprint density at radius 2 is 2.29 bits per heavy atom. The molecular formula is C12H19N3O2. The number of carbonyl (C=O) groups excluding carboxylic acids is 1. The number of hydrogen-bond donors (Lipinski definition) is 2. The summed E-state index contributed by atoms with van der Waals surface area (Å²) in [4.78, 5) is 12.0. The number of nitrogens with one attached hydrogen (secondary N) is 1. The molecule has 0 aromatic carbocycles. The van der Waals surface area contributed by atoms with Crippen molar-refractivity contribution in [2.45, 2.75) is 50.8 Å². The van der Waals surface area contributed by atoms with Crippen LogP contribution in [0.2, 0.25) is 0 Å². The molecule has 17 heavy (non-hydrogen) atoms. The number of aromatic nitrogens is 2. The van der Waals surface area contributed by atoms with E-state index in [0.717, 1.165) is 25.7 Å². The zero-order chi connectivity index (χ0) is 12.3. The van der Waals surface area contributed by atoms with E-state index in [9.17, 15) is 9.90 Å². The molecule has 1 amide bonds. The molecule has 0 spiro atoms. The van der Waals surface area contributed by atoms with E-state index in [-0.39, 0.29) is 18.0 Å². The van der Waals surface area contributed by atoms with Crippen molar-refractivity contribution in [3.63, 3.8) is 0 Å². The first-order valence-electron chi connectivity index (χ1n) is 6.16. The molecule has 1 aromatic heterocycles. The Hall–Kier alpha value is -1.36. The maximum Gasteiger partial charge on any atom is 0.244 e. The predicted octanol–water partition coefficient (Wildman–Crippen LogP) is 0.864. The summed E-state index contributed by atoms with van der Waals surface area (Å²) in [5.74, 6) is -0.0837. The number of hydrogen-bond acceptors (Lipinski definition) is 3. The van der Waals surface area contributed by atoms with Crippen LogP contribution in [0.1, 0.15) is 38.6 Å². The molecule has 0 aliphatic heterocycles. The lowest BCUT2D eigenvalue weighted by Crippen LogP contribution is -2.47. The fourth-order valence-electron chi connectivity index (χ4n) is 2.21. The van der Waals surface area contributed by atoms with Crippen molar-refractivity contribution in [3.05, 3.63) is 18.5 Å². The molecular weight excluding hydrogens is 218 g/mol. The number of aliphatic hydroxyl groups is 1. The molecule has 1 heterocycles. The summed E-state index contributed by atoms with van der Waals surface area (Å²) in [7, 11) is 0. The van der Waals surface area contributed by atoms with E-state index >= 15 is 0 Å². The minimum Gasteiger partial charge on any atom is -0.391 e. The molecule has 5 nitrogen and oxygen atoms in total. The van der Waals surface area contributed by atoms with Crippen LogP contribution in [0.25, 0.3) is 0 Å². The third kappa shape index (κ3) is 2.85. The van der Waals surface area contributed by atoms with Crippen LogP contribution in [0.3, 0.4) is 0 Å². The molecule has 1 saturated carbocycles. The normalized spacial score (nSPS) is 26.5. The molecule has 1 aromatic rings. The zero-order valence-corrected chi connectivity index (χ0v) is 10.0. The van der Waals surface area contributed by atoms with E-state index in [1.165, 1.54) is 0 Å². The van der Waals surface area contributed by atoms with Gasteiger partial charge in [0.15, 0.2) is 0 Å². The Bertz CT molecular complexity index is 364. The second-order valence-electron chi connectivity index (χ2n) is 4.63. The third-order valence-corrected chi connectivity index (χ3v) is 3.36. The van der Waals surface area contributed by atoms with E-state index in [2.05, 4.69) is 10.4 Å². The molecule has 0 bridgehead atoms. The van der Waals surface area contributed by atoms with Crippen LogP contribution in [0, 0.1) is 0 Å². The Morgan fingerprint density at radius 1 is 1.53 bits per heavy atom. The number of carbonyl (C=O) groups is 1. The first-order chi connectivity index (χ1) is 8.18. The van der Waals surface area contributed by atoms with Gasteiger partial charge in [0.1, 0.15) is 6.04 Å². The molecule has 0 saturated heterocycles. The van der Waals surface area contributed by atoms with Crippen molar-refractivity contribution in [1.29, 1.82) is 0 Å². The van der Waals surface area contributed by atoms with E-state index in [1.54, 1.807) is 30.1 Å². The molecule has 1 aliphatic rings. The van der Waals surface area contributed by atoms with Crippen molar-refractivity contribution >= 4 is 5.91 Å². The van der Waals surface area contributed by atoms with Gasteiger partial charge < -0.3 is 10.4 Å². The summed E-state index contributed by atoms with van der Waals surface area (Å²) in [5.41, 5.74) is 0. The Balaban J connectivity index is 1.92. The summed E-state index contributed by atoms with van der Waals surface area (Å²) >= 11 is 0. The van der Waals surface area contributed by atoms with Gasteiger partial charge in [0.2, 0.25) is 5.91 Å². The van der Waals surface area contributed by atoms with Gasteiger partial charge in [-0.2, -0.15) is 5.10 Å². The summed E-state index contributed by atoms with van der Waals surface area (Å²) in [6.45, 7) is 1.80. The van der Waals surface area contributed by atoms with Gasteiger partial charge in [0.05, 0.1) is 12.1 Å². The van der Waals surface area contributed by atoms with Crippen LogP contribution in [-0.4, -0.2) is 32.9 Å². The topological polar surface area (TPSA) is 67.2 Å². The van der Waals surface area contributed by atoms with Crippen molar-refractivity contribution < 1.29 is 9.90 Å². The van der Waals surface area contributed by atoms with Gasteiger partial charge >= 0.3 is 0 Å².